The van der Waals surface area contributed by atoms with Gasteiger partial charge < -0.3 is 5.11 Å². The molecule has 66 valence electrons. The van der Waals surface area contributed by atoms with E-state index in [0.717, 1.165) is 6.42 Å². The van der Waals surface area contributed by atoms with E-state index in [4.69, 9.17) is 5.11 Å². The summed E-state index contributed by atoms with van der Waals surface area (Å²) in [6.45, 7) is 0. The first kappa shape index (κ1) is 8.63. The van der Waals surface area contributed by atoms with E-state index in [2.05, 4.69) is 20.6 Å². The lowest BCUT2D eigenvalue weighted by molar-refractivity contribution is -0.137. The molecule has 0 aliphatic heterocycles. The van der Waals surface area contributed by atoms with Crippen LogP contribution in [0.1, 0.15) is 25.1 Å². The predicted octanol–water partition coefficient (Wildman–Crippen LogP) is -0.00290. The molecule has 1 heterocycles. The summed E-state index contributed by atoms with van der Waals surface area (Å²) in [6.07, 6.45) is 2.33. The Morgan fingerprint density at radius 2 is 2.33 bits per heavy atom. The van der Waals surface area contributed by atoms with Crippen molar-refractivity contribution in [2.45, 2.75) is 25.7 Å². The molecule has 0 saturated heterocycles. The highest BCUT2D eigenvalue weighted by Gasteiger charge is 1.99. The lowest BCUT2D eigenvalue weighted by Gasteiger charge is -1.92. The highest BCUT2D eigenvalue weighted by atomic mass is 16.4. The van der Waals surface area contributed by atoms with Crippen molar-refractivity contribution in [2.24, 2.45) is 0 Å². The van der Waals surface area contributed by atoms with Gasteiger partial charge in [0, 0.05) is 12.8 Å². The second kappa shape index (κ2) is 4.42. The van der Waals surface area contributed by atoms with E-state index < -0.39 is 5.97 Å². The topological polar surface area (TPSA) is 91.8 Å². The van der Waals surface area contributed by atoms with Crippen LogP contribution in [0.4, 0.5) is 0 Å². The normalized spacial score (nSPS) is 10.0. The smallest absolute Gasteiger partial charge is 0.303 e. The zero-order valence-electron chi connectivity index (χ0n) is 6.53. The molecule has 0 amide bonds. The van der Waals surface area contributed by atoms with E-state index in [1.54, 1.807) is 0 Å². The third-order valence-electron chi connectivity index (χ3n) is 1.43. The van der Waals surface area contributed by atoms with Crippen molar-refractivity contribution in [3.63, 3.8) is 0 Å². The Hall–Kier alpha value is -1.46. The number of carboxylic acid groups (broad SMARTS) is 1. The van der Waals surface area contributed by atoms with Crippen LogP contribution in [0.2, 0.25) is 0 Å². The summed E-state index contributed by atoms with van der Waals surface area (Å²) in [6, 6.07) is 0. The molecule has 1 aromatic rings. The highest BCUT2D eigenvalue weighted by Crippen LogP contribution is 1.99. The van der Waals surface area contributed by atoms with E-state index in [-0.39, 0.29) is 6.42 Å². The number of H-pyrrole nitrogens is 1. The Morgan fingerprint density at radius 1 is 1.50 bits per heavy atom. The van der Waals surface area contributed by atoms with Gasteiger partial charge in [0.05, 0.1) is 0 Å². The molecule has 0 unspecified atom stereocenters. The predicted molar refractivity (Wildman–Crippen MR) is 39.4 cm³/mol. The van der Waals surface area contributed by atoms with Crippen LogP contribution in [0.25, 0.3) is 0 Å². The van der Waals surface area contributed by atoms with Gasteiger partial charge in [0.25, 0.3) is 0 Å². The summed E-state index contributed by atoms with van der Waals surface area (Å²) in [7, 11) is 0. The van der Waals surface area contributed by atoms with Crippen LogP contribution in [-0.2, 0) is 11.2 Å². The molecule has 12 heavy (non-hydrogen) atoms. The van der Waals surface area contributed by atoms with Crippen molar-refractivity contribution in [1.29, 1.82) is 0 Å². The standard InChI is InChI=1S/C6H10N4O2/c11-6(12)4-2-1-3-5-7-9-10-8-5/h1-4H2,(H,11,12)(H,7,8,9,10). The van der Waals surface area contributed by atoms with Gasteiger partial charge in [-0.2, -0.15) is 5.21 Å². The number of aliphatic carboxylic acids is 1. The summed E-state index contributed by atoms with van der Waals surface area (Å²) in [5, 5.41) is 21.5. The lowest BCUT2D eigenvalue weighted by Crippen LogP contribution is -1.95. The minimum atomic E-state index is -0.761. The summed E-state index contributed by atoms with van der Waals surface area (Å²) in [5.41, 5.74) is 0. The van der Waals surface area contributed by atoms with Gasteiger partial charge in [0.15, 0.2) is 5.82 Å². The SMILES string of the molecule is O=C(O)CCCCc1nn[nH]n1. The molecule has 0 spiro atoms. The fourth-order valence-electron chi connectivity index (χ4n) is 0.848. The van der Waals surface area contributed by atoms with Gasteiger partial charge in [0.2, 0.25) is 0 Å². The summed E-state index contributed by atoms with van der Waals surface area (Å²) < 4.78 is 0. The maximum absolute atomic E-state index is 10.1. The van der Waals surface area contributed by atoms with Crippen molar-refractivity contribution in [1.82, 2.24) is 20.6 Å². The van der Waals surface area contributed by atoms with Crippen molar-refractivity contribution in [3.8, 4) is 0 Å². The molecule has 1 aromatic heterocycles. The minimum Gasteiger partial charge on any atom is -0.481 e. The molecule has 1 rings (SSSR count). The fourth-order valence-corrected chi connectivity index (χ4v) is 0.848. The van der Waals surface area contributed by atoms with E-state index in [9.17, 15) is 4.79 Å². The second-order valence-corrected chi connectivity index (χ2v) is 2.43. The van der Waals surface area contributed by atoms with Crippen LogP contribution in [0, 0.1) is 0 Å². The van der Waals surface area contributed by atoms with Gasteiger partial charge >= 0.3 is 5.97 Å². The number of aromatic amines is 1. The number of unbranched alkanes of at least 4 members (excludes halogenated alkanes) is 1. The monoisotopic (exact) mass is 170 g/mol. The van der Waals surface area contributed by atoms with Gasteiger partial charge in [-0.25, -0.2) is 0 Å². The quantitative estimate of drug-likeness (QED) is 0.606. The Labute approximate surface area is 69.0 Å². The Morgan fingerprint density at radius 3 is 2.92 bits per heavy atom. The molecular weight excluding hydrogens is 160 g/mol. The molecule has 0 aliphatic carbocycles. The maximum Gasteiger partial charge on any atom is 0.303 e. The third kappa shape index (κ3) is 3.09. The van der Waals surface area contributed by atoms with Crippen LogP contribution in [0.5, 0.6) is 0 Å². The van der Waals surface area contributed by atoms with Gasteiger partial charge in [-0.05, 0) is 12.8 Å². The molecular formula is C6H10N4O2. The number of nitrogens with one attached hydrogen (secondary N) is 1. The maximum atomic E-state index is 10.1. The first-order valence-corrected chi connectivity index (χ1v) is 3.73. The molecule has 0 bridgehead atoms. The number of aryl methyl sites for hydroxylation is 1. The average molecular weight is 170 g/mol. The van der Waals surface area contributed by atoms with Crippen LogP contribution < -0.4 is 0 Å². The second-order valence-electron chi connectivity index (χ2n) is 2.43. The van der Waals surface area contributed by atoms with Crippen molar-refractivity contribution in [3.05, 3.63) is 5.82 Å². The van der Waals surface area contributed by atoms with Crippen LogP contribution in [0.15, 0.2) is 0 Å². The first-order chi connectivity index (χ1) is 5.79. The number of hydrogen-bond donors (Lipinski definition) is 2. The molecule has 0 fully saturated rings. The molecule has 6 heteroatoms. The lowest BCUT2D eigenvalue weighted by atomic mass is 10.2. The number of nitrogens with zero attached hydrogens (tertiary/aromatic N) is 3. The Balaban J connectivity index is 2.07. The number of rotatable bonds is 5. The van der Waals surface area contributed by atoms with Gasteiger partial charge in [-0.3, -0.25) is 4.79 Å². The molecule has 0 saturated carbocycles. The summed E-state index contributed by atoms with van der Waals surface area (Å²) in [4.78, 5) is 10.1. The third-order valence-corrected chi connectivity index (χ3v) is 1.43. The van der Waals surface area contributed by atoms with E-state index in [1.165, 1.54) is 0 Å². The summed E-state index contributed by atoms with van der Waals surface area (Å²) >= 11 is 0. The first-order valence-electron chi connectivity index (χ1n) is 3.73. The average Bonchev–Trinajstić information content (AvgIpc) is 2.49. The number of carbonyl (C=O) groups is 1. The molecule has 2 N–H and O–H groups in total. The van der Waals surface area contributed by atoms with Crippen molar-refractivity contribution >= 4 is 5.97 Å². The van der Waals surface area contributed by atoms with Gasteiger partial charge in [0.1, 0.15) is 0 Å². The molecule has 6 nitrogen and oxygen atoms in total. The van der Waals surface area contributed by atoms with E-state index >= 15 is 0 Å². The number of hydrogen-bond acceptors (Lipinski definition) is 4. The molecule has 0 atom stereocenters. The Kier molecular flexibility index (Phi) is 3.18. The Bertz CT molecular complexity index is 234. The summed E-state index contributed by atoms with van der Waals surface area (Å²) in [5.74, 6) is -0.122. The van der Waals surface area contributed by atoms with Crippen molar-refractivity contribution in [2.75, 3.05) is 0 Å². The van der Waals surface area contributed by atoms with Gasteiger partial charge in [-0.1, -0.05) is 5.21 Å². The fraction of sp³-hybridized carbons (Fsp3) is 0.667. The zero-order valence-corrected chi connectivity index (χ0v) is 6.53. The molecule has 0 radical (unpaired) electrons. The number of aromatic nitrogens is 4. The van der Waals surface area contributed by atoms with Crippen LogP contribution in [-0.4, -0.2) is 31.7 Å². The largest absolute Gasteiger partial charge is 0.481 e. The number of tetrazole rings is 1. The van der Waals surface area contributed by atoms with E-state index in [0.29, 0.717) is 18.7 Å². The number of carboxylic acids is 1. The van der Waals surface area contributed by atoms with Gasteiger partial charge in [-0.15, -0.1) is 10.2 Å². The van der Waals surface area contributed by atoms with E-state index in [1.807, 2.05) is 0 Å². The minimum absolute atomic E-state index is 0.206. The van der Waals surface area contributed by atoms with Crippen LogP contribution >= 0.6 is 0 Å². The zero-order chi connectivity index (χ0) is 8.81. The highest BCUT2D eigenvalue weighted by molar-refractivity contribution is 5.66. The van der Waals surface area contributed by atoms with Crippen molar-refractivity contribution < 1.29 is 9.90 Å². The molecule has 0 aromatic carbocycles. The van der Waals surface area contributed by atoms with Crippen LogP contribution in [0.3, 0.4) is 0 Å². The molecule has 0 aliphatic rings.